The summed E-state index contributed by atoms with van der Waals surface area (Å²) >= 11 is 7.70. The molecule has 4 heteroatoms. The van der Waals surface area contributed by atoms with E-state index >= 15 is 0 Å². The fourth-order valence-electron chi connectivity index (χ4n) is 1.69. The maximum absolute atomic E-state index is 5.86. The van der Waals surface area contributed by atoms with Crippen molar-refractivity contribution in [3.8, 4) is 0 Å². The molecule has 0 unspecified atom stereocenters. The minimum absolute atomic E-state index is 0.785. The fraction of sp³-hybridized carbons (Fsp3) is 0.333. The second-order valence-electron chi connectivity index (χ2n) is 4.27. The van der Waals surface area contributed by atoms with Crippen molar-refractivity contribution < 1.29 is 4.42 Å². The predicted molar refractivity (Wildman–Crippen MR) is 82.5 cm³/mol. The van der Waals surface area contributed by atoms with E-state index in [0.717, 1.165) is 41.1 Å². The van der Waals surface area contributed by atoms with Crippen LogP contribution < -0.4 is 5.32 Å². The van der Waals surface area contributed by atoms with Crippen molar-refractivity contribution in [3.63, 3.8) is 0 Å². The van der Waals surface area contributed by atoms with Gasteiger partial charge in [0, 0.05) is 10.8 Å². The van der Waals surface area contributed by atoms with E-state index in [2.05, 4.69) is 30.4 Å². The molecule has 19 heavy (non-hydrogen) atoms. The third kappa shape index (κ3) is 4.94. The van der Waals surface area contributed by atoms with E-state index in [-0.39, 0.29) is 0 Å². The number of furan rings is 1. The zero-order valence-electron chi connectivity index (χ0n) is 11.0. The first kappa shape index (κ1) is 14.5. The third-order valence-corrected chi connectivity index (χ3v) is 3.97. The first-order valence-electron chi connectivity index (χ1n) is 6.38. The van der Waals surface area contributed by atoms with Gasteiger partial charge in [0.15, 0.2) is 0 Å². The number of hydrogen-bond acceptors (Lipinski definition) is 3. The van der Waals surface area contributed by atoms with Crippen LogP contribution in [0.2, 0.25) is 5.02 Å². The maximum Gasteiger partial charge on any atom is 0.117 e. The van der Waals surface area contributed by atoms with E-state index < -0.39 is 0 Å². The van der Waals surface area contributed by atoms with Gasteiger partial charge in [-0.3, -0.25) is 0 Å². The summed E-state index contributed by atoms with van der Waals surface area (Å²) in [6.07, 6.45) is 0. The van der Waals surface area contributed by atoms with Crippen LogP contribution >= 0.6 is 23.4 Å². The van der Waals surface area contributed by atoms with Crippen LogP contribution in [0.3, 0.4) is 0 Å². The van der Waals surface area contributed by atoms with Gasteiger partial charge in [-0.2, -0.15) is 0 Å². The van der Waals surface area contributed by atoms with E-state index in [9.17, 15) is 0 Å². The average molecular weight is 296 g/mol. The number of halogens is 1. The molecule has 1 aromatic heterocycles. The van der Waals surface area contributed by atoms with Crippen molar-refractivity contribution in [2.24, 2.45) is 0 Å². The van der Waals surface area contributed by atoms with Gasteiger partial charge < -0.3 is 9.73 Å². The van der Waals surface area contributed by atoms with Crippen LogP contribution in [0.1, 0.15) is 24.0 Å². The van der Waals surface area contributed by atoms with Gasteiger partial charge in [0.2, 0.25) is 0 Å². The summed E-state index contributed by atoms with van der Waals surface area (Å²) in [5, 5.41) is 4.04. The minimum Gasteiger partial charge on any atom is -0.464 e. The fourth-order valence-corrected chi connectivity index (χ4v) is 2.71. The van der Waals surface area contributed by atoms with E-state index in [1.165, 1.54) is 5.56 Å². The van der Waals surface area contributed by atoms with Crippen LogP contribution in [0.5, 0.6) is 0 Å². The lowest BCUT2D eigenvalue weighted by molar-refractivity contribution is 0.463. The quantitative estimate of drug-likeness (QED) is 0.815. The first-order chi connectivity index (χ1) is 9.28. The predicted octanol–water partition coefficient (Wildman–Crippen LogP) is 4.48. The van der Waals surface area contributed by atoms with Gasteiger partial charge in [0.1, 0.15) is 11.5 Å². The van der Waals surface area contributed by atoms with Gasteiger partial charge in [-0.15, -0.1) is 11.8 Å². The molecule has 2 rings (SSSR count). The summed E-state index contributed by atoms with van der Waals surface area (Å²) in [6, 6.07) is 12.1. The Bertz CT molecular complexity index is 495. The Hall–Kier alpha value is -0.900. The SMILES string of the molecule is CCNCc1ccc(CSCc2ccc(Cl)cc2)o1. The summed E-state index contributed by atoms with van der Waals surface area (Å²) < 4.78 is 5.74. The molecular weight excluding hydrogens is 278 g/mol. The monoisotopic (exact) mass is 295 g/mol. The normalized spacial score (nSPS) is 10.8. The van der Waals surface area contributed by atoms with Crippen LogP contribution in [-0.4, -0.2) is 6.54 Å². The molecule has 0 radical (unpaired) electrons. The molecule has 1 heterocycles. The molecule has 0 spiro atoms. The lowest BCUT2D eigenvalue weighted by Crippen LogP contribution is -2.10. The van der Waals surface area contributed by atoms with Crippen molar-refractivity contribution >= 4 is 23.4 Å². The Morgan fingerprint density at radius 3 is 2.53 bits per heavy atom. The summed E-state index contributed by atoms with van der Waals surface area (Å²) in [6.45, 7) is 3.85. The average Bonchev–Trinajstić information content (AvgIpc) is 2.87. The molecule has 0 aliphatic carbocycles. The molecule has 2 nitrogen and oxygen atoms in total. The molecule has 1 N–H and O–H groups in total. The van der Waals surface area contributed by atoms with Gasteiger partial charge in [0.25, 0.3) is 0 Å². The van der Waals surface area contributed by atoms with Crippen LogP contribution in [0.25, 0.3) is 0 Å². The Kier molecular flexibility index (Phi) is 5.83. The highest BCUT2D eigenvalue weighted by atomic mass is 35.5. The molecule has 0 aliphatic heterocycles. The van der Waals surface area contributed by atoms with E-state index in [1.54, 1.807) is 0 Å². The second-order valence-corrected chi connectivity index (χ2v) is 5.69. The lowest BCUT2D eigenvalue weighted by atomic mass is 10.2. The molecule has 0 amide bonds. The summed E-state index contributed by atoms with van der Waals surface area (Å²) in [7, 11) is 0. The van der Waals surface area contributed by atoms with Crippen molar-refractivity contribution in [2.45, 2.75) is 25.0 Å². The molecule has 2 aromatic rings. The molecule has 102 valence electrons. The summed E-state index contributed by atoms with van der Waals surface area (Å²) in [5.41, 5.74) is 1.29. The molecule has 0 atom stereocenters. The second kappa shape index (κ2) is 7.63. The Labute approximate surface area is 123 Å². The van der Waals surface area contributed by atoms with E-state index in [0.29, 0.717) is 0 Å². The maximum atomic E-state index is 5.86. The molecule has 0 aliphatic rings. The van der Waals surface area contributed by atoms with Crippen LogP contribution in [0.4, 0.5) is 0 Å². The molecule has 0 bridgehead atoms. The van der Waals surface area contributed by atoms with Crippen molar-refractivity contribution in [1.82, 2.24) is 5.32 Å². The Morgan fingerprint density at radius 2 is 1.79 bits per heavy atom. The van der Waals surface area contributed by atoms with Crippen molar-refractivity contribution in [3.05, 3.63) is 58.5 Å². The first-order valence-corrected chi connectivity index (χ1v) is 7.91. The van der Waals surface area contributed by atoms with Gasteiger partial charge in [-0.1, -0.05) is 30.7 Å². The molecule has 0 saturated carbocycles. The van der Waals surface area contributed by atoms with Gasteiger partial charge in [-0.25, -0.2) is 0 Å². The summed E-state index contributed by atoms with van der Waals surface area (Å²) in [5.74, 6) is 3.91. The number of rotatable bonds is 7. The zero-order valence-corrected chi connectivity index (χ0v) is 12.6. The van der Waals surface area contributed by atoms with Crippen molar-refractivity contribution in [1.29, 1.82) is 0 Å². The van der Waals surface area contributed by atoms with Crippen LogP contribution in [-0.2, 0) is 18.1 Å². The summed E-state index contributed by atoms with van der Waals surface area (Å²) in [4.78, 5) is 0. The van der Waals surface area contributed by atoms with Crippen LogP contribution in [0, 0.1) is 0 Å². The zero-order chi connectivity index (χ0) is 13.5. The molecule has 0 fully saturated rings. The van der Waals surface area contributed by atoms with Gasteiger partial charge in [0.05, 0.1) is 12.3 Å². The molecule has 1 aromatic carbocycles. The van der Waals surface area contributed by atoms with E-state index in [1.807, 2.05) is 30.0 Å². The largest absolute Gasteiger partial charge is 0.464 e. The highest BCUT2D eigenvalue weighted by Gasteiger charge is 2.02. The minimum atomic E-state index is 0.785. The lowest BCUT2D eigenvalue weighted by Gasteiger charge is -2.01. The number of hydrogen-bond donors (Lipinski definition) is 1. The molecule has 0 saturated heterocycles. The van der Waals surface area contributed by atoms with Gasteiger partial charge >= 0.3 is 0 Å². The Balaban J connectivity index is 1.76. The highest BCUT2D eigenvalue weighted by Crippen LogP contribution is 2.20. The number of nitrogens with one attached hydrogen (secondary N) is 1. The third-order valence-electron chi connectivity index (χ3n) is 2.69. The van der Waals surface area contributed by atoms with Gasteiger partial charge in [-0.05, 0) is 36.4 Å². The topological polar surface area (TPSA) is 25.2 Å². The number of benzene rings is 1. The number of thioether (sulfide) groups is 1. The highest BCUT2D eigenvalue weighted by molar-refractivity contribution is 7.97. The van der Waals surface area contributed by atoms with Crippen LogP contribution in [0.15, 0.2) is 40.8 Å². The van der Waals surface area contributed by atoms with E-state index in [4.69, 9.17) is 16.0 Å². The smallest absolute Gasteiger partial charge is 0.117 e. The van der Waals surface area contributed by atoms with Crippen molar-refractivity contribution in [2.75, 3.05) is 6.54 Å². The molecular formula is C15H18ClNOS. The standard InChI is InChI=1S/C15H18ClNOS/c1-2-17-9-14-7-8-15(18-14)11-19-10-12-3-5-13(16)6-4-12/h3-8,17H,2,9-11H2,1H3. The Morgan fingerprint density at radius 1 is 1.05 bits per heavy atom.